The van der Waals surface area contributed by atoms with E-state index in [1.165, 1.54) is 0 Å². The number of piperidine rings is 1. The maximum absolute atomic E-state index is 12.0. The highest BCUT2D eigenvalue weighted by molar-refractivity contribution is 5.97. The lowest BCUT2D eigenvalue weighted by molar-refractivity contribution is 0.0318. The van der Waals surface area contributed by atoms with Crippen LogP contribution in [0.5, 0.6) is 5.75 Å². The number of phenolic OH excluding ortho intramolecular Hbond substituents is 1. The van der Waals surface area contributed by atoms with Crippen molar-refractivity contribution in [1.29, 1.82) is 0 Å². The zero-order chi connectivity index (χ0) is 15.1. The molecule has 0 unspecified atom stereocenters. The van der Waals surface area contributed by atoms with Crippen LogP contribution in [0.25, 0.3) is 0 Å². The fourth-order valence-electron chi connectivity index (χ4n) is 2.42. The van der Waals surface area contributed by atoms with E-state index in [-0.39, 0.29) is 11.7 Å². The van der Waals surface area contributed by atoms with Gasteiger partial charge >= 0.3 is 0 Å². The fourth-order valence-corrected chi connectivity index (χ4v) is 2.42. The number of hydrogen-bond donors (Lipinski definition) is 3. The third kappa shape index (κ3) is 4.72. The first-order valence-corrected chi connectivity index (χ1v) is 7.57. The van der Waals surface area contributed by atoms with Gasteiger partial charge in [-0.05, 0) is 50.9 Å². The molecule has 1 saturated heterocycles. The minimum absolute atomic E-state index is 0.0564. The van der Waals surface area contributed by atoms with Crippen molar-refractivity contribution >= 4 is 5.91 Å². The predicted molar refractivity (Wildman–Crippen MR) is 81.6 cm³/mol. The number of benzene rings is 1. The van der Waals surface area contributed by atoms with E-state index in [9.17, 15) is 9.90 Å². The molecule has 1 aromatic rings. The van der Waals surface area contributed by atoms with E-state index in [2.05, 4.69) is 10.6 Å². The van der Waals surface area contributed by atoms with Gasteiger partial charge in [0.2, 0.25) is 0 Å². The molecule has 1 aliphatic rings. The van der Waals surface area contributed by atoms with Crippen molar-refractivity contribution < 1.29 is 14.6 Å². The number of aromatic hydroxyl groups is 1. The molecule has 5 nitrogen and oxygen atoms in total. The minimum atomic E-state index is -0.238. The van der Waals surface area contributed by atoms with Gasteiger partial charge in [0.1, 0.15) is 5.75 Å². The van der Waals surface area contributed by atoms with Crippen LogP contribution in [-0.2, 0) is 4.74 Å². The van der Waals surface area contributed by atoms with Gasteiger partial charge in [-0.25, -0.2) is 0 Å². The number of amides is 1. The summed E-state index contributed by atoms with van der Waals surface area (Å²) >= 11 is 0. The van der Waals surface area contributed by atoms with E-state index in [0.717, 1.165) is 32.4 Å². The van der Waals surface area contributed by atoms with Crippen LogP contribution in [0.2, 0.25) is 0 Å². The lowest BCUT2D eigenvalue weighted by Crippen LogP contribution is -2.33. The molecule has 0 bridgehead atoms. The smallest absolute Gasteiger partial charge is 0.255 e. The highest BCUT2D eigenvalue weighted by atomic mass is 16.5. The SMILES string of the molecule is Cc1cccc(C(=O)NCCCOC2CCNCC2)c1O. The normalized spacial score (nSPS) is 15.9. The molecule has 5 heteroatoms. The Bertz CT molecular complexity index is 471. The lowest BCUT2D eigenvalue weighted by Gasteiger charge is -2.22. The standard InChI is InChI=1S/C16H24N2O3/c1-12-4-2-5-14(15(12)19)16(20)18-8-3-11-21-13-6-9-17-10-7-13/h2,4-5,13,17,19H,3,6-11H2,1H3,(H,18,20). The first kappa shape index (κ1) is 15.8. The van der Waals surface area contributed by atoms with Crippen molar-refractivity contribution in [3.8, 4) is 5.75 Å². The zero-order valence-corrected chi connectivity index (χ0v) is 12.5. The Kier molecular flexibility index (Phi) is 6.02. The molecule has 3 N–H and O–H groups in total. The molecule has 0 radical (unpaired) electrons. The Morgan fingerprint density at radius 1 is 1.43 bits per heavy atom. The summed E-state index contributed by atoms with van der Waals surface area (Å²) in [5.74, 6) is -0.181. The lowest BCUT2D eigenvalue weighted by atomic mass is 10.1. The fraction of sp³-hybridized carbons (Fsp3) is 0.562. The number of ether oxygens (including phenoxy) is 1. The number of phenols is 1. The Morgan fingerprint density at radius 2 is 2.19 bits per heavy atom. The van der Waals surface area contributed by atoms with Gasteiger partial charge in [0.15, 0.2) is 0 Å². The van der Waals surface area contributed by atoms with Crippen molar-refractivity contribution in [2.24, 2.45) is 0 Å². The molecule has 0 aromatic heterocycles. The van der Waals surface area contributed by atoms with Crippen LogP contribution >= 0.6 is 0 Å². The number of rotatable bonds is 6. The predicted octanol–water partition coefficient (Wildman–Crippen LogP) is 1.59. The Morgan fingerprint density at radius 3 is 2.95 bits per heavy atom. The van der Waals surface area contributed by atoms with Crippen LogP contribution in [-0.4, -0.2) is 43.4 Å². The number of carbonyl (C=O) groups is 1. The van der Waals surface area contributed by atoms with Crippen LogP contribution < -0.4 is 10.6 Å². The zero-order valence-electron chi connectivity index (χ0n) is 12.5. The summed E-state index contributed by atoms with van der Waals surface area (Å²) in [6.45, 7) is 5.03. The van der Waals surface area contributed by atoms with Gasteiger partial charge in [0.05, 0.1) is 11.7 Å². The molecule has 1 aliphatic heterocycles. The first-order chi connectivity index (χ1) is 10.2. The third-order valence-corrected chi connectivity index (χ3v) is 3.73. The van der Waals surface area contributed by atoms with E-state index < -0.39 is 0 Å². The second-order valence-corrected chi connectivity index (χ2v) is 5.40. The number of nitrogens with one attached hydrogen (secondary N) is 2. The monoisotopic (exact) mass is 292 g/mol. The van der Waals surface area contributed by atoms with E-state index >= 15 is 0 Å². The Balaban J connectivity index is 1.66. The minimum Gasteiger partial charge on any atom is -0.507 e. The van der Waals surface area contributed by atoms with Gasteiger partial charge < -0.3 is 20.5 Å². The first-order valence-electron chi connectivity index (χ1n) is 7.57. The van der Waals surface area contributed by atoms with Crippen molar-refractivity contribution in [2.45, 2.75) is 32.3 Å². The van der Waals surface area contributed by atoms with Crippen molar-refractivity contribution in [2.75, 3.05) is 26.2 Å². The second kappa shape index (κ2) is 8.00. The van der Waals surface area contributed by atoms with E-state index in [1.54, 1.807) is 25.1 Å². The van der Waals surface area contributed by atoms with E-state index in [0.29, 0.717) is 30.4 Å². The number of hydrogen-bond acceptors (Lipinski definition) is 4. The Hall–Kier alpha value is -1.59. The summed E-state index contributed by atoms with van der Waals surface area (Å²) in [6, 6.07) is 5.17. The highest BCUT2D eigenvalue weighted by Gasteiger charge is 2.13. The molecule has 2 rings (SSSR count). The summed E-state index contributed by atoms with van der Waals surface area (Å²) in [4.78, 5) is 12.0. The Labute approximate surface area is 125 Å². The molecule has 1 amide bonds. The topological polar surface area (TPSA) is 70.6 Å². The average molecular weight is 292 g/mol. The molecule has 116 valence electrons. The van der Waals surface area contributed by atoms with Gasteiger partial charge in [-0.15, -0.1) is 0 Å². The summed E-state index contributed by atoms with van der Waals surface area (Å²) in [5, 5.41) is 16.0. The molecule has 0 atom stereocenters. The van der Waals surface area contributed by atoms with Gasteiger partial charge in [0.25, 0.3) is 5.91 Å². The number of carbonyl (C=O) groups excluding carboxylic acids is 1. The molecule has 21 heavy (non-hydrogen) atoms. The molecule has 0 saturated carbocycles. The van der Waals surface area contributed by atoms with Crippen molar-refractivity contribution in [1.82, 2.24) is 10.6 Å². The maximum Gasteiger partial charge on any atom is 0.255 e. The van der Waals surface area contributed by atoms with Gasteiger partial charge in [-0.1, -0.05) is 12.1 Å². The van der Waals surface area contributed by atoms with E-state index in [4.69, 9.17) is 4.74 Å². The van der Waals surface area contributed by atoms with Crippen molar-refractivity contribution in [3.05, 3.63) is 29.3 Å². The van der Waals surface area contributed by atoms with Gasteiger partial charge in [-0.2, -0.15) is 0 Å². The molecule has 0 aliphatic carbocycles. The summed E-state index contributed by atoms with van der Waals surface area (Å²) < 4.78 is 5.77. The molecule has 1 fully saturated rings. The van der Waals surface area contributed by atoms with Crippen LogP contribution in [0, 0.1) is 6.92 Å². The second-order valence-electron chi connectivity index (χ2n) is 5.40. The number of para-hydroxylation sites is 1. The summed E-state index contributed by atoms with van der Waals surface area (Å²) in [5.41, 5.74) is 1.03. The largest absolute Gasteiger partial charge is 0.507 e. The van der Waals surface area contributed by atoms with Crippen LogP contribution in [0.15, 0.2) is 18.2 Å². The van der Waals surface area contributed by atoms with Gasteiger partial charge in [-0.3, -0.25) is 4.79 Å². The van der Waals surface area contributed by atoms with Gasteiger partial charge in [0, 0.05) is 13.2 Å². The molecule has 1 heterocycles. The average Bonchev–Trinajstić information content (AvgIpc) is 2.50. The van der Waals surface area contributed by atoms with Crippen molar-refractivity contribution in [3.63, 3.8) is 0 Å². The molecule has 1 aromatic carbocycles. The summed E-state index contributed by atoms with van der Waals surface area (Å²) in [7, 11) is 0. The molecular formula is C16H24N2O3. The summed E-state index contributed by atoms with van der Waals surface area (Å²) in [6.07, 6.45) is 3.25. The maximum atomic E-state index is 12.0. The van der Waals surface area contributed by atoms with Crippen LogP contribution in [0.4, 0.5) is 0 Å². The number of aryl methyl sites for hydroxylation is 1. The quantitative estimate of drug-likeness (QED) is 0.696. The van der Waals surface area contributed by atoms with Crippen LogP contribution in [0.1, 0.15) is 35.2 Å². The van der Waals surface area contributed by atoms with Crippen LogP contribution in [0.3, 0.4) is 0 Å². The molecule has 0 spiro atoms. The molecular weight excluding hydrogens is 268 g/mol. The van der Waals surface area contributed by atoms with E-state index in [1.807, 2.05) is 0 Å². The highest BCUT2D eigenvalue weighted by Crippen LogP contribution is 2.20. The third-order valence-electron chi connectivity index (χ3n) is 3.73.